The van der Waals surface area contributed by atoms with Crippen LogP contribution in [0.2, 0.25) is 0 Å². The molecule has 0 spiro atoms. The van der Waals surface area contributed by atoms with Crippen LogP contribution in [-0.2, 0) is 4.79 Å². The van der Waals surface area contributed by atoms with Crippen LogP contribution in [0.15, 0.2) is 4.99 Å². The minimum atomic E-state index is 0.138. The van der Waals surface area contributed by atoms with Crippen molar-refractivity contribution in [3.05, 3.63) is 0 Å². The van der Waals surface area contributed by atoms with Gasteiger partial charge in [0, 0.05) is 51.2 Å². The molecule has 0 bridgehead atoms. The molecule has 22 heavy (non-hydrogen) atoms. The maximum Gasteiger partial charge on any atom is 0.222 e. The molecule has 1 aliphatic heterocycles. The van der Waals surface area contributed by atoms with Gasteiger partial charge in [0.05, 0.1) is 0 Å². The Labute approximate surface area is 135 Å². The number of carbonyl (C=O) groups excluding carboxylic acids is 1. The first-order valence-corrected chi connectivity index (χ1v) is 8.47. The molecule has 1 saturated heterocycles. The lowest BCUT2D eigenvalue weighted by Gasteiger charge is -2.21. The van der Waals surface area contributed by atoms with Crippen LogP contribution < -0.4 is 16.0 Å². The number of likely N-dealkylation sites (tertiary alicyclic amines) is 1. The van der Waals surface area contributed by atoms with E-state index in [1.165, 1.54) is 0 Å². The smallest absolute Gasteiger partial charge is 0.222 e. The van der Waals surface area contributed by atoms with E-state index in [-0.39, 0.29) is 5.54 Å². The second-order valence-electron chi connectivity index (χ2n) is 6.70. The summed E-state index contributed by atoms with van der Waals surface area (Å²) < 4.78 is 0. The van der Waals surface area contributed by atoms with Crippen LogP contribution in [-0.4, -0.2) is 61.6 Å². The molecule has 1 aliphatic rings. The normalized spacial score (nSPS) is 16.3. The lowest BCUT2D eigenvalue weighted by molar-refractivity contribution is -0.127. The summed E-state index contributed by atoms with van der Waals surface area (Å²) in [6.07, 6.45) is 2.64. The Hall–Kier alpha value is -1.30. The number of rotatable bonds is 8. The fourth-order valence-corrected chi connectivity index (χ4v) is 2.35. The van der Waals surface area contributed by atoms with E-state index in [9.17, 15) is 4.79 Å². The molecule has 0 unspecified atom stereocenters. The van der Waals surface area contributed by atoms with E-state index in [0.717, 1.165) is 58.1 Å². The van der Waals surface area contributed by atoms with Gasteiger partial charge in [-0.1, -0.05) is 0 Å². The van der Waals surface area contributed by atoms with Crippen molar-refractivity contribution in [2.24, 2.45) is 4.99 Å². The lowest BCUT2D eigenvalue weighted by Crippen LogP contribution is -2.44. The summed E-state index contributed by atoms with van der Waals surface area (Å²) in [5.74, 6) is 1.15. The van der Waals surface area contributed by atoms with Crippen LogP contribution >= 0.6 is 0 Å². The number of guanidine groups is 1. The van der Waals surface area contributed by atoms with Gasteiger partial charge >= 0.3 is 0 Å². The third-order valence-corrected chi connectivity index (χ3v) is 3.44. The molecule has 128 valence electrons. The highest BCUT2D eigenvalue weighted by Crippen LogP contribution is 2.09. The number of amides is 1. The van der Waals surface area contributed by atoms with Crippen molar-refractivity contribution in [1.29, 1.82) is 0 Å². The summed E-state index contributed by atoms with van der Waals surface area (Å²) in [4.78, 5) is 18.0. The summed E-state index contributed by atoms with van der Waals surface area (Å²) in [5.41, 5.74) is 0.138. The van der Waals surface area contributed by atoms with Crippen molar-refractivity contribution in [1.82, 2.24) is 20.9 Å². The zero-order chi connectivity index (χ0) is 16.4. The lowest BCUT2D eigenvalue weighted by atomic mass is 10.1. The van der Waals surface area contributed by atoms with E-state index in [1.54, 1.807) is 0 Å². The first-order valence-electron chi connectivity index (χ1n) is 8.47. The fraction of sp³-hybridized carbons (Fsp3) is 0.875. The van der Waals surface area contributed by atoms with Crippen molar-refractivity contribution in [2.45, 2.75) is 52.5 Å². The molecule has 3 N–H and O–H groups in total. The van der Waals surface area contributed by atoms with Crippen LogP contribution in [0.1, 0.15) is 47.0 Å². The van der Waals surface area contributed by atoms with Gasteiger partial charge in [-0.25, -0.2) is 0 Å². The molecular formula is C16H33N5O. The quantitative estimate of drug-likeness (QED) is 0.354. The van der Waals surface area contributed by atoms with E-state index >= 15 is 0 Å². The third-order valence-electron chi connectivity index (χ3n) is 3.44. The molecule has 1 amide bonds. The Kier molecular flexibility index (Phi) is 8.24. The Morgan fingerprint density at radius 3 is 2.64 bits per heavy atom. The Balaban J connectivity index is 2.21. The molecule has 1 fully saturated rings. The molecule has 6 nitrogen and oxygen atoms in total. The third kappa shape index (κ3) is 8.22. The summed E-state index contributed by atoms with van der Waals surface area (Å²) in [7, 11) is 0. The highest BCUT2D eigenvalue weighted by molar-refractivity contribution is 5.79. The molecule has 0 aliphatic carbocycles. The molecule has 1 heterocycles. The Morgan fingerprint density at radius 1 is 1.27 bits per heavy atom. The van der Waals surface area contributed by atoms with Gasteiger partial charge in [-0.2, -0.15) is 0 Å². The zero-order valence-corrected chi connectivity index (χ0v) is 14.7. The molecule has 6 heteroatoms. The average molecular weight is 311 g/mol. The maximum atomic E-state index is 11.5. The van der Waals surface area contributed by atoms with E-state index in [4.69, 9.17) is 0 Å². The van der Waals surface area contributed by atoms with Crippen LogP contribution in [0.25, 0.3) is 0 Å². The second-order valence-corrected chi connectivity index (χ2v) is 6.70. The van der Waals surface area contributed by atoms with Crippen LogP contribution in [0.5, 0.6) is 0 Å². The van der Waals surface area contributed by atoms with Crippen molar-refractivity contribution >= 4 is 11.9 Å². The number of hydrogen-bond donors (Lipinski definition) is 3. The minimum absolute atomic E-state index is 0.138. The molecule has 0 aromatic heterocycles. The predicted molar refractivity (Wildman–Crippen MR) is 92.2 cm³/mol. The maximum absolute atomic E-state index is 11.5. The van der Waals surface area contributed by atoms with Gasteiger partial charge in [-0.15, -0.1) is 0 Å². The Morgan fingerprint density at radius 2 is 2.05 bits per heavy atom. The van der Waals surface area contributed by atoms with Crippen molar-refractivity contribution < 1.29 is 4.79 Å². The monoisotopic (exact) mass is 311 g/mol. The summed E-state index contributed by atoms with van der Waals surface area (Å²) in [6.45, 7) is 13.6. The zero-order valence-electron chi connectivity index (χ0n) is 14.7. The van der Waals surface area contributed by atoms with Crippen LogP contribution in [0, 0.1) is 0 Å². The highest BCUT2D eigenvalue weighted by atomic mass is 16.2. The van der Waals surface area contributed by atoms with Gasteiger partial charge in [0.1, 0.15) is 0 Å². The predicted octanol–water partition coefficient (Wildman–Crippen LogP) is 0.942. The highest BCUT2D eigenvalue weighted by Gasteiger charge is 2.18. The number of hydrogen-bond acceptors (Lipinski definition) is 3. The van der Waals surface area contributed by atoms with E-state index < -0.39 is 0 Å². The molecule has 0 radical (unpaired) electrons. The van der Waals surface area contributed by atoms with Gasteiger partial charge in [0.25, 0.3) is 0 Å². The summed E-state index contributed by atoms with van der Waals surface area (Å²) in [6, 6.07) is 0. The van der Waals surface area contributed by atoms with E-state index in [0.29, 0.717) is 12.3 Å². The first-order chi connectivity index (χ1) is 10.4. The molecule has 0 aromatic carbocycles. The topological polar surface area (TPSA) is 68.8 Å². The number of carbonyl (C=O) groups is 1. The van der Waals surface area contributed by atoms with Gasteiger partial charge in [-0.05, 0) is 40.5 Å². The van der Waals surface area contributed by atoms with Crippen LogP contribution in [0.4, 0.5) is 0 Å². The number of nitrogens with zero attached hydrogens (tertiary/aromatic N) is 2. The number of aliphatic imine (C=N–C) groups is 1. The second kappa shape index (κ2) is 9.66. The summed E-state index contributed by atoms with van der Waals surface area (Å²) >= 11 is 0. The molecule has 0 saturated carbocycles. The van der Waals surface area contributed by atoms with Crippen molar-refractivity contribution in [3.8, 4) is 0 Å². The Bertz CT molecular complexity index is 362. The van der Waals surface area contributed by atoms with Crippen molar-refractivity contribution in [2.75, 3.05) is 39.3 Å². The van der Waals surface area contributed by atoms with Gasteiger partial charge in [0.2, 0.25) is 5.91 Å². The molecule has 1 rings (SSSR count). The van der Waals surface area contributed by atoms with Crippen molar-refractivity contribution in [3.63, 3.8) is 0 Å². The first kappa shape index (κ1) is 18.7. The fourth-order valence-electron chi connectivity index (χ4n) is 2.35. The SMILES string of the molecule is CCNC(=NCCCN1CCCC1=O)NCCNC(C)(C)C. The average Bonchev–Trinajstić information content (AvgIpc) is 2.84. The number of nitrogens with one attached hydrogen (secondary N) is 3. The van der Waals surface area contributed by atoms with Crippen LogP contribution in [0.3, 0.4) is 0 Å². The van der Waals surface area contributed by atoms with E-state index in [2.05, 4.69) is 48.6 Å². The van der Waals surface area contributed by atoms with Gasteiger partial charge in [-0.3, -0.25) is 9.79 Å². The summed E-state index contributed by atoms with van der Waals surface area (Å²) in [5, 5.41) is 10.0. The largest absolute Gasteiger partial charge is 0.357 e. The molecular weight excluding hydrogens is 278 g/mol. The van der Waals surface area contributed by atoms with E-state index in [1.807, 2.05) is 4.90 Å². The minimum Gasteiger partial charge on any atom is -0.357 e. The van der Waals surface area contributed by atoms with Gasteiger partial charge in [0.15, 0.2) is 5.96 Å². The van der Waals surface area contributed by atoms with Gasteiger partial charge < -0.3 is 20.9 Å². The molecule has 0 aromatic rings. The standard InChI is InChI=1S/C16H33N5O/c1-5-17-15(19-10-11-20-16(2,3)4)18-9-7-13-21-12-6-8-14(21)22/h20H,5-13H2,1-4H3,(H2,17,18,19). The molecule has 0 atom stereocenters.